The highest BCUT2D eigenvalue weighted by atomic mass is 32.1. The van der Waals surface area contributed by atoms with Gasteiger partial charge in [-0.2, -0.15) is 0 Å². The van der Waals surface area contributed by atoms with Crippen molar-refractivity contribution < 1.29 is 9.90 Å². The first kappa shape index (κ1) is 18.4. The normalized spacial score (nSPS) is 19.7. The number of thiophene rings is 1. The predicted octanol–water partition coefficient (Wildman–Crippen LogP) is 2.70. The molecule has 1 saturated carbocycles. The van der Waals surface area contributed by atoms with Crippen LogP contribution in [0.5, 0.6) is 0 Å². The Morgan fingerprint density at radius 2 is 2.04 bits per heavy atom. The van der Waals surface area contributed by atoms with Gasteiger partial charge in [0, 0.05) is 43.5 Å². The molecule has 0 radical (unpaired) electrons. The monoisotopic (exact) mass is 360 g/mol. The summed E-state index contributed by atoms with van der Waals surface area (Å²) in [5.74, 6) is 6.60. The van der Waals surface area contributed by atoms with Crippen molar-refractivity contribution in [2.75, 3.05) is 26.2 Å². The second kappa shape index (κ2) is 7.90. The van der Waals surface area contributed by atoms with Crippen LogP contribution in [0.15, 0.2) is 12.1 Å². The molecule has 3 rings (SSSR count). The summed E-state index contributed by atoms with van der Waals surface area (Å²) in [4.78, 5) is 19.2. The van der Waals surface area contributed by atoms with Crippen molar-refractivity contribution in [3.05, 3.63) is 21.9 Å². The Morgan fingerprint density at radius 1 is 1.24 bits per heavy atom. The number of carbonyl (C=O) groups is 1. The quantitative estimate of drug-likeness (QED) is 0.843. The minimum Gasteiger partial charge on any atom is -0.378 e. The molecule has 2 heterocycles. The van der Waals surface area contributed by atoms with Crippen molar-refractivity contribution in [1.29, 1.82) is 0 Å². The molecule has 1 aliphatic carbocycles. The van der Waals surface area contributed by atoms with Crippen LogP contribution in [0.2, 0.25) is 0 Å². The molecule has 2 fully saturated rings. The third-order valence-corrected chi connectivity index (χ3v) is 5.87. The van der Waals surface area contributed by atoms with E-state index in [1.165, 1.54) is 11.3 Å². The fourth-order valence-electron chi connectivity index (χ4n) is 3.23. The van der Waals surface area contributed by atoms with Gasteiger partial charge in [0.25, 0.3) is 0 Å². The molecular formula is C20H28N2O2S. The van der Waals surface area contributed by atoms with E-state index in [1.54, 1.807) is 25.2 Å². The van der Waals surface area contributed by atoms with Gasteiger partial charge < -0.3 is 10.0 Å². The van der Waals surface area contributed by atoms with Gasteiger partial charge in [0.1, 0.15) is 5.60 Å². The molecule has 1 N–H and O–H groups in total. The molecule has 5 heteroatoms. The highest BCUT2D eigenvalue weighted by Gasteiger charge is 2.30. The Bertz CT molecular complexity index is 661. The van der Waals surface area contributed by atoms with E-state index in [0.717, 1.165) is 56.9 Å². The van der Waals surface area contributed by atoms with E-state index in [-0.39, 0.29) is 0 Å². The number of hydrogen-bond acceptors (Lipinski definition) is 4. The SMILES string of the molecule is CC(C)(O)C#Cc1ccc(CN2CCCN(C(=O)C3CCC3)CC2)s1. The number of amides is 1. The third-order valence-electron chi connectivity index (χ3n) is 4.89. The zero-order valence-corrected chi connectivity index (χ0v) is 16.1. The average Bonchev–Trinajstić information content (AvgIpc) is 2.79. The van der Waals surface area contributed by atoms with Crippen molar-refractivity contribution in [1.82, 2.24) is 9.80 Å². The summed E-state index contributed by atoms with van der Waals surface area (Å²) in [5, 5.41) is 9.70. The first-order chi connectivity index (χ1) is 11.9. The van der Waals surface area contributed by atoms with Crippen LogP contribution in [0.25, 0.3) is 0 Å². The summed E-state index contributed by atoms with van der Waals surface area (Å²) in [5.41, 5.74) is -0.953. The van der Waals surface area contributed by atoms with Crippen molar-refractivity contribution in [2.45, 2.75) is 51.7 Å². The van der Waals surface area contributed by atoms with Gasteiger partial charge in [0.2, 0.25) is 5.91 Å². The van der Waals surface area contributed by atoms with Gasteiger partial charge in [0.15, 0.2) is 0 Å². The van der Waals surface area contributed by atoms with Crippen molar-refractivity contribution >= 4 is 17.2 Å². The van der Waals surface area contributed by atoms with Crippen molar-refractivity contribution in [3.63, 3.8) is 0 Å². The molecule has 2 aliphatic rings. The highest BCUT2D eigenvalue weighted by molar-refractivity contribution is 7.12. The predicted molar refractivity (Wildman–Crippen MR) is 101 cm³/mol. The number of aliphatic hydroxyl groups is 1. The Morgan fingerprint density at radius 3 is 2.72 bits per heavy atom. The zero-order chi connectivity index (χ0) is 17.9. The Labute approximate surface area is 154 Å². The van der Waals surface area contributed by atoms with Crippen LogP contribution >= 0.6 is 11.3 Å². The van der Waals surface area contributed by atoms with Crippen molar-refractivity contribution in [3.8, 4) is 11.8 Å². The average molecular weight is 361 g/mol. The van der Waals surface area contributed by atoms with E-state index in [4.69, 9.17) is 0 Å². The number of rotatable bonds is 3. The maximum Gasteiger partial charge on any atom is 0.225 e. The maximum absolute atomic E-state index is 12.4. The molecule has 1 saturated heterocycles. The minimum absolute atomic E-state index is 0.306. The second-order valence-electron chi connectivity index (χ2n) is 7.66. The Hall–Kier alpha value is -1.35. The van der Waals surface area contributed by atoms with E-state index < -0.39 is 5.60 Å². The Balaban J connectivity index is 1.52. The molecule has 136 valence electrons. The molecule has 0 bridgehead atoms. The minimum atomic E-state index is -0.953. The molecule has 1 aliphatic heterocycles. The summed E-state index contributed by atoms with van der Waals surface area (Å²) in [6, 6.07) is 4.16. The molecule has 1 aromatic heterocycles. The fourth-order valence-corrected chi connectivity index (χ4v) is 4.13. The van der Waals surface area contributed by atoms with Crippen LogP contribution in [0, 0.1) is 17.8 Å². The summed E-state index contributed by atoms with van der Waals surface area (Å²) < 4.78 is 0. The lowest BCUT2D eigenvalue weighted by Crippen LogP contribution is -2.41. The lowest BCUT2D eigenvalue weighted by Gasteiger charge is -2.31. The first-order valence-corrected chi connectivity index (χ1v) is 10.1. The molecule has 0 spiro atoms. The van der Waals surface area contributed by atoms with E-state index in [0.29, 0.717) is 11.8 Å². The second-order valence-corrected chi connectivity index (χ2v) is 8.83. The van der Waals surface area contributed by atoms with Crippen LogP contribution in [-0.2, 0) is 11.3 Å². The van der Waals surface area contributed by atoms with Crippen LogP contribution in [0.1, 0.15) is 49.3 Å². The number of hydrogen-bond donors (Lipinski definition) is 1. The number of nitrogens with zero attached hydrogens (tertiary/aromatic N) is 2. The summed E-state index contributed by atoms with van der Waals surface area (Å²) in [7, 11) is 0. The smallest absolute Gasteiger partial charge is 0.225 e. The van der Waals surface area contributed by atoms with E-state index in [2.05, 4.69) is 27.7 Å². The van der Waals surface area contributed by atoms with Gasteiger partial charge in [-0.15, -0.1) is 11.3 Å². The topological polar surface area (TPSA) is 43.8 Å². The van der Waals surface area contributed by atoms with E-state index in [1.807, 2.05) is 6.07 Å². The van der Waals surface area contributed by atoms with Gasteiger partial charge in [-0.3, -0.25) is 9.69 Å². The lowest BCUT2D eigenvalue weighted by molar-refractivity contribution is -0.138. The van der Waals surface area contributed by atoms with Crippen LogP contribution < -0.4 is 0 Å². The summed E-state index contributed by atoms with van der Waals surface area (Å²) in [6.45, 7) is 8.05. The van der Waals surface area contributed by atoms with E-state index in [9.17, 15) is 9.90 Å². The first-order valence-electron chi connectivity index (χ1n) is 9.26. The molecular weight excluding hydrogens is 332 g/mol. The lowest BCUT2D eigenvalue weighted by atomic mass is 9.84. The van der Waals surface area contributed by atoms with Crippen LogP contribution in [-0.4, -0.2) is 52.6 Å². The molecule has 0 atom stereocenters. The number of carbonyl (C=O) groups excluding carboxylic acids is 1. The summed E-state index contributed by atoms with van der Waals surface area (Å²) in [6.07, 6.45) is 4.44. The Kier molecular flexibility index (Phi) is 5.83. The standard InChI is InChI=1S/C20H28N2O2S/c1-20(2,24)10-9-17-7-8-18(25-17)15-21-11-4-12-22(14-13-21)19(23)16-5-3-6-16/h7-8,16,24H,3-6,11-15H2,1-2H3. The highest BCUT2D eigenvalue weighted by Crippen LogP contribution is 2.28. The van der Waals surface area contributed by atoms with Gasteiger partial charge in [0.05, 0.1) is 4.88 Å². The van der Waals surface area contributed by atoms with Crippen LogP contribution in [0.4, 0.5) is 0 Å². The van der Waals surface area contributed by atoms with Gasteiger partial charge >= 0.3 is 0 Å². The largest absolute Gasteiger partial charge is 0.378 e. The molecule has 1 amide bonds. The molecule has 1 aromatic rings. The zero-order valence-electron chi connectivity index (χ0n) is 15.3. The van der Waals surface area contributed by atoms with Crippen molar-refractivity contribution in [2.24, 2.45) is 5.92 Å². The molecule has 0 unspecified atom stereocenters. The maximum atomic E-state index is 12.4. The summed E-state index contributed by atoms with van der Waals surface area (Å²) >= 11 is 1.69. The fraction of sp³-hybridized carbons (Fsp3) is 0.650. The van der Waals surface area contributed by atoms with Gasteiger partial charge in [-0.1, -0.05) is 18.3 Å². The van der Waals surface area contributed by atoms with Crippen LogP contribution in [0.3, 0.4) is 0 Å². The van der Waals surface area contributed by atoms with Gasteiger partial charge in [-0.05, 0) is 45.2 Å². The molecule has 25 heavy (non-hydrogen) atoms. The van der Waals surface area contributed by atoms with E-state index >= 15 is 0 Å². The molecule has 4 nitrogen and oxygen atoms in total. The third kappa shape index (κ3) is 5.31. The van der Waals surface area contributed by atoms with Gasteiger partial charge in [-0.25, -0.2) is 0 Å². The molecule has 0 aromatic carbocycles.